The Morgan fingerprint density at radius 1 is 1.22 bits per heavy atom. The summed E-state index contributed by atoms with van der Waals surface area (Å²) in [7, 11) is 0. The predicted octanol–water partition coefficient (Wildman–Crippen LogP) is 5.26. The van der Waals surface area contributed by atoms with E-state index in [9.17, 15) is 9.70 Å². The normalized spacial score (nSPS) is 13.3. The molecular formula is C18H28N2O3. The molecule has 0 saturated carbocycles. The average Bonchev–Trinajstić information content (AvgIpc) is 2.34. The first-order chi connectivity index (χ1) is 10.4. The van der Waals surface area contributed by atoms with Crippen molar-refractivity contribution in [3.8, 4) is 0 Å². The number of hydrogen-bond acceptors (Lipinski definition) is 4. The van der Waals surface area contributed by atoms with E-state index in [1.54, 1.807) is 13.0 Å². The minimum absolute atomic E-state index is 0.126. The van der Waals surface area contributed by atoms with E-state index in [0.29, 0.717) is 11.3 Å². The van der Waals surface area contributed by atoms with Gasteiger partial charge in [-0.05, 0) is 62.4 Å². The van der Waals surface area contributed by atoms with Gasteiger partial charge in [0.25, 0.3) is 0 Å². The summed E-state index contributed by atoms with van der Waals surface area (Å²) in [6.45, 7) is 13.8. The summed E-state index contributed by atoms with van der Waals surface area (Å²) < 4.78 is 5.39. The van der Waals surface area contributed by atoms with Gasteiger partial charge >= 0.3 is 6.09 Å². The molecule has 0 aliphatic rings. The van der Waals surface area contributed by atoms with Gasteiger partial charge in [-0.3, -0.25) is 0 Å². The molecule has 0 heterocycles. The number of carbonyl (C=O) groups excluding carboxylic acids is 1. The fourth-order valence-corrected chi connectivity index (χ4v) is 2.29. The maximum atomic E-state index is 11.9. The first-order valence-corrected chi connectivity index (χ1v) is 7.86. The van der Waals surface area contributed by atoms with Crippen LogP contribution in [0.4, 0.5) is 10.5 Å². The fraction of sp³-hybridized carbons (Fsp3) is 0.611. The number of ether oxygens (including phenoxy) is 1. The largest absolute Gasteiger partial charge is 0.442 e. The second-order valence-corrected chi connectivity index (χ2v) is 8.14. The van der Waals surface area contributed by atoms with Crippen molar-refractivity contribution in [2.45, 2.75) is 66.5 Å². The van der Waals surface area contributed by atoms with E-state index in [1.165, 1.54) is 0 Å². The Labute approximate surface area is 138 Å². The summed E-state index contributed by atoms with van der Waals surface area (Å²) in [5.41, 5.74) is 1.77. The number of nitrogens with zero attached hydrogens (tertiary/aromatic N) is 1. The highest BCUT2D eigenvalue weighted by molar-refractivity contribution is 5.68. The van der Waals surface area contributed by atoms with Crippen LogP contribution in [0.3, 0.4) is 0 Å². The van der Waals surface area contributed by atoms with Crippen LogP contribution in [0.15, 0.2) is 23.4 Å². The lowest BCUT2D eigenvalue weighted by Gasteiger charge is -2.23. The smallest absolute Gasteiger partial charge is 0.408 e. The SMILES string of the molecule is CC(OC(=O)NC(C)(C)C)c1cc(CC(C)(C)C)ccc1N=O. The van der Waals surface area contributed by atoms with Crippen molar-refractivity contribution in [2.75, 3.05) is 0 Å². The molecule has 0 radical (unpaired) electrons. The Hall–Kier alpha value is -1.91. The molecule has 0 fully saturated rings. The van der Waals surface area contributed by atoms with Gasteiger partial charge in [-0.2, -0.15) is 0 Å². The van der Waals surface area contributed by atoms with Crippen molar-refractivity contribution in [2.24, 2.45) is 10.6 Å². The second-order valence-electron chi connectivity index (χ2n) is 8.14. The summed E-state index contributed by atoms with van der Waals surface area (Å²) in [6.07, 6.45) is -0.201. The number of rotatable bonds is 4. The van der Waals surface area contributed by atoms with Crippen LogP contribution in [0.25, 0.3) is 0 Å². The van der Waals surface area contributed by atoms with E-state index in [-0.39, 0.29) is 11.0 Å². The number of nitroso groups, excluding NO2 is 1. The lowest BCUT2D eigenvalue weighted by atomic mass is 9.87. The molecule has 1 amide bonds. The van der Waals surface area contributed by atoms with Crippen LogP contribution in [-0.2, 0) is 11.2 Å². The third-order valence-corrected chi connectivity index (χ3v) is 3.12. The molecule has 1 aromatic rings. The van der Waals surface area contributed by atoms with Crippen LogP contribution in [-0.4, -0.2) is 11.6 Å². The van der Waals surface area contributed by atoms with E-state index in [4.69, 9.17) is 4.74 Å². The summed E-state index contributed by atoms with van der Waals surface area (Å²) >= 11 is 0. The highest BCUT2D eigenvalue weighted by Gasteiger charge is 2.21. The molecule has 1 rings (SSSR count). The highest BCUT2D eigenvalue weighted by atomic mass is 16.6. The molecule has 0 spiro atoms. The molecule has 5 heteroatoms. The number of nitrogens with one attached hydrogen (secondary N) is 1. The molecule has 0 aliphatic carbocycles. The van der Waals surface area contributed by atoms with E-state index in [0.717, 1.165) is 12.0 Å². The zero-order chi connectivity index (χ0) is 17.8. The van der Waals surface area contributed by atoms with Crippen molar-refractivity contribution in [1.82, 2.24) is 5.32 Å². The van der Waals surface area contributed by atoms with E-state index >= 15 is 0 Å². The Morgan fingerprint density at radius 2 is 1.83 bits per heavy atom. The van der Waals surface area contributed by atoms with Gasteiger partial charge in [0, 0.05) is 11.1 Å². The third-order valence-electron chi connectivity index (χ3n) is 3.12. The minimum Gasteiger partial charge on any atom is -0.442 e. The summed E-state index contributed by atoms with van der Waals surface area (Å²) in [5, 5.41) is 5.79. The van der Waals surface area contributed by atoms with Gasteiger partial charge in [0.2, 0.25) is 0 Å². The van der Waals surface area contributed by atoms with Crippen molar-refractivity contribution in [3.05, 3.63) is 34.2 Å². The van der Waals surface area contributed by atoms with Gasteiger partial charge in [0.05, 0.1) is 0 Å². The van der Waals surface area contributed by atoms with Crippen LogP contribution < -0.4 is 5.32 Å². The molecule has 0 bridgehead atoms. The van der Waals surface area contributed by atoms with Crippen molar-refractivity contribution < 1.29 is 9.53 Å². The van der Waals surface area contributed by atoms with Gasteiger partial charge in [0.1, 0.15) is 11.8 Å². The van der Waals surface area contributed by atoms with Crippen LogP contribution in [0, 0.1) is 10.3 Å². The van der Waals surface area contributed by atoms with Crippen LogP contribution in [0.2, 0.25) is 0 Å². The van der Waals surface area contributed by atoms with Crippen molar-refractivity contribution in [1.29, 1.82) is 0 Å². The maximum absolute atomic E-state index is 11.9. The molecule has 1 N–H and O–H groups in total. The van der Waals surface area contributed by atoms with Gasteiger partial charge in [0.15, 0.2) is 0 Å². The van der Waals surface area contributed by atoms with Crippen molar-refractivity contribution in [3.63, 3.8) is 0 Å². The number of hydrogen-bond donors (Lipinski definition) is 1. The first kappa shape index (κ1) is 19.1. The molecule has 1 unspecified atom stereocenters. The van der Waals surface area contributed by atoms with Crippen LogP contribution >= 0.6 is 0 Å². The van der Waals surface area contributed by atoms with Crippen LogP contribution in [0.5, 0.6) is 0 Å². The Bertz CT molecular complexity index is 569. The Balaban J connectivity index is 2.97. The Morgan fingerprint density at radius 3 is 2.30 bits per heavy atom. The zero-order valence-electron chi connectivity index (χ0n) is 15.2. The van der Waals surface area contributed by atoms with Crippen molar-refractivity contribution >= 4 is 11.8 Å². The lowest BCUT2D eigenvalue weighted by Crippen LogP contribution is -2.41. The molecule has 23 heavy (non-hydrogen) atoms. The molecule has 1 atom stereocenters. The van der Waals surface area contributed by atoms with Gasteiger partial charge < -0.3 is 10.1 Å². The number of amides is 1. The summed E-state index contributed by atoms with van der Waals surface area (Å²) in [4.78, 5) is 23.0. The van der Waals surface area contributed by atoms with Gasteiger partial charge in [-0.1, -0.05) is 26.8 Å². The standard InChI is InChI=1S/C18H28N2O3/c1-12(23-16(21)19-18(5,6)7)14-10-13(11-17(2,3)4)8-9-15(14)20-22/h8-10,12H,11H2,1-7H3,(H,19,21). The predicted molar refractivity (Wildman–Crippen MR) is 92.8 cm³/mol. The van der Waals surface area contributed by atoms with Crippen LogP contribution in [0.1, 0.15) is 65.7 Å². The summed E-state index contributed by atoms with van der Waals surface area (Å²) in [6, 6.07) is 5.48. The van der Waals surface area contributed by atoms with E-state index in [1.807, 2.05) is 32.9 Å². The molecule has 1 aromatic carbocycles. The third kappa shape index (κ3) is 6.80. The van der Waals surface area contributed by atoms with Gasteiger partial charge in [-0.25, -0.2) is 4.79 Å². The quantitative estimate of drug-likeness (QED) is 0.769. The zero-order valence-corrected chi connectivity index (χ0v) is 15.2. The minimum atomic E-state index is -0.551. The number of alkyl carbamates (subject to hydrolysis) is 1. The van der Waals surface area contributed by atoms with E-state index < -0.39 is 12.2 Å². The van der Waals surface area contributed by atoms with E-state index in [2.05, 4.69) is 31.3 Å². The maximum Gasteiger partial charge on any atom is 0.408 e. The molecule has 0 aliphatic heterocycles. The molecule has 128 valence electrons. The van der Waals surface area contributed by atoms with Gasteiger partial charge in [-0.15, -0.1) is 4.91 Å². The topological polar surface area (TPSA) is 67.8 Å². The highest BCUT2D eigenvalue weighted by Crippen LogP contribution is 2.31. The first-order valence-electron chi connectivity index (χ1n) is 7.86. The fourth-order valence-electron chi connectivity index (χ4n) is 2.29. The number of carbonyl (C=O) groups is 1. The molecule has 0 aromatic heterocycles. The lowest BCUT2D eigenvalue weighted by molar-refractivity contribution is 0.100. The second kappa shape index (κ2) is 7.11. The molecular weight excluding hydrogens is 292 g/mol. The average molecular weight is 320 g/mol. The Kier molecular flexibility index (Phi) is 5.92. The monoisotopic (exact) mass is 320 g/mol. The molecule has 5 nitrogen and oxygen atoms in total. The number of benzene rings is 1. The summed E-state index contributed by atoms with van der Waals surface area (Å²) in [5.74, 6) is 0. The molecule has 0 saturated heterocycles.